The van der Waals surface area contributed by atoms with E-state index in [1.807, 2.05) is 6.29 Å². The van der Waals surface area contributed by atoms with Crippen molar-refractivity contribution in [2.24, 2.45) is 0 Å². The number of hydrogen-bond acceptors (Lipinski definition) is 3. The van der Waals surface area contributed by atoms with Gasteiger partial charge in [0.25, 0.3) is 0 Å². The zero-order valence-corrected chi connectivity index (χ0v) is 19.7. The fraction of sp³-hybridized carbons (Fsp3) is 0.923. The average Bonchev–Trinajstić information content (AvgIpc) is 2.71. The molecule has 0 saturated heterocycles. The molecule has 0 fully saturated rings. The van der Waals surface area contributed by atoms with Crippen molar-refractivity contribution in [2.75, 3.05) is 0 Å². The highest BCUT2D eigenvalue weighted by Gasteiger charge is 2.14. The smallest absolute Gasteiger partial charge is 0.306 e. The minimum absolute atomic E-state index is 0.135. The third kappa shape index (κ3) is 21.7. The molecule has 0 rings (SSSR count). The minimum Gasteiger partial charge on any atom is -0.462 e. The Balaban J connectivity index is 3.60. The van der Waals surface area contributed by atoms with Crippen LogP contribution < -0.4 is 0 Å². The number of unbranched alkanes of at least 4 members (excludes halogenated alkanes) is 16. The van der Waals surface area contributed by atoms with E-state index in [1.165, 1.54) is 89.9 Å². The van der Waals surface area contributed by atoms with Crippen molar-refractivity contribution in [3.05, 3.63) is 0 Å². The van der Waals surface area contributed by atoms with E-state index in [2.05, 4.69) is 13.8 Å². The Hall–Kier alpha value is -0.860. The third-order valence-electron chi connectivity index (χ3n) is 5.72. The van der Waals surface area contributed by atoms with Crippen LogP contribution in [-0.2, 0) is 14.3 Å². The summed E-state index contributed by atoms with van der Waals surface area (Å²) in [5.74, 6) is -0.135. The van der Waals surface area contributed by atoms with Crippen LogP contribution in [0.25, 0.3) is 0 Å². The third-order valence-corrected chi connectivity index (χ3v) is 5.72. The van der Waals surface area contributed by atoms with Gasteiger partial charge >= 0.3 is 5.97 Å². The van der Waals surface area contributed by atoms with E-state index >= 15 is 0 Å². The number of esters is 1. The predicted molar refractivity (Wildman–Crippen MR) is 124 cm³/mol. The van der Waals surface area contributed by atoms with Crippen LogP contribution >= 0.6 is 0 Å². The fourth-order valence-electron chi connectivity index (χ4n) is 3.80. The van der Waals surface area contributed by atoms with Gasteiger partial charge in [0.05, 0.1) is 6.42 Å². The van der Waals surface area contributed by atoms with Gasteiger partial charge < -0.3 is 4.74 Å². The summed E-state index contributed by atoms with van der Waals surface area (Å²) in [5.41, 5.74) is 0. The normalized spacial score (nSPS) is 12.1. The zero-order valence-electron chi connectivity index (χ0n) is 19.7. The Morgan fingerprint density at radius 3 is 1.52 bits per heavy atom. The Morgan fingerprint density at radius 1 is 0.655 bits per heavy atom. The molecule has 0 aromatic heterocycles. The maximum absolute atomic E-state index is 12.0. The maximum atomic E-state index is 12.0. The van der Waals surface area contributed by atoms with Crippen LogP contribution in [0.2, 0.25) is 0 Å². The van der Waals surface area contributed by atoms with Gasteiger partial charge in [0.1, 0.15) is 6.10 Å². The standard InChI is InChI=1S/C26H49O3/c1-3-5-7-9-11-13-14-16-18-20-22-26(28)29-25(23-24-27)21-19-17-15-12-10-8-6-4-2/h25H,3-23H2,1-2H3. The second kappa shape index (κ2) is 23.4. The van der Waals surface area contributed by atoms with E-state index in [0.717, 1.165) is 32.1 Å². The molecule has 0 aliphatic heterocycles. The molecule has 0 spiro atoms. The van der Waals surface area contributed by atoms with Crippen molar-refractivity contribution in [3.63, 3.8) is 0 Å². The Bertz CT molecular complexity index is 354. The molecule has 3 heteroatoms. The summed E-state index contributed by atoms with van der Waals surface area (Å²) in [6, 6.07) is 0. The molecule has 0 aliphatic rings. The lowest BCUT2D eigenvalue weighted by Gasteiger charge is -2.15. The van der Waals surface area contributed by atoms with Crippen LogP contribution in [0.1, 0.15) is 149 Å². The topological polar surface area (TPSA) is 43.4 Å². The van der Waals surface area contributed by atoms with E-state index in [0.29, 0.717) is 6.42 Å². The monoisotopic (exact) mass is 409 g/mol. The van der Waals surface area contributed by atoms with Gasteiger partial charge in [0.2, 0.25) is 6.29 Å². The van der Waals surface area contributed by atoms with Crippen molar-refractivity contribution in [3.8, 4) is 0 Å². The number of hydrogen-bond donors (Lipinski definition) is 0. The number of carbonyl (C=O) groups is 1. The quantitative estimate of drug-likeness (QED) is 0.126. The van der Waals surface area contributed by atoms with Crippen LogP contribution in [0.3, 0.4) is 0 Å². The molecule has 0 aromatic rings. The highest BCUT2D eigenvalue weighted by atomic mass is 16.5. The molecule has 29 heavy (non-hydrogen) atoms. The highest BCUT2D eigenvalue weighted by Crippen LogP contribution is 2.15. The van der Waals surface area contributed by atoms with Gasteiger partial charge in [0.15, 0.2) is 0 Å². The van der Waals surface area contributed by atoms with Gasteiger partial charge in [-0.15, -0.1) is 0 Å². The molecule has 3 nitrogen and oxygen atoms in total. The van der Waals surface area contributed by atoms with Crippen LogP contribution in [0, 0.1) is 0 Å². The molecule has 0 aliphatic carbocycles. The second-order valence-electron chi connectivity index (χ2n) is 8.66. The molecule has 171 valence electrons. The van der Waals surface area contributed by atoms with Gasteiger partial charge in [-0.1, -0.05) is 117 Å². The van der Waals surface area contributed by atoms with Crippen molar-refractivity contribution in [1.29, 1.82) is 0 Å². The summed E-state index contributed by atoms with van der Waals surface area (Å²) >= 11 is 0. The molecular formula is C26H49O3. The van der Waals surface area contributed by atoms with Crippen LogP contribution in [0.15, 0.2) is 0 Å². The van der Waals surface area contributed by atoms with Gasteiger partial charge in [0, 0.05) is 6.42 Å². The first kappa shape index (κ1) is 28.1. The summed E-state index contributed by atoms with van der Waals surface area (Å²) in [5, 5.41) is 0. The first-order valence-electron chi connectivity index (χ1n) is 12.8. The molecule has 1 atom stereocenters. The molecule has 0 heterocycles. The zero-order chi connectivity index (χ0) is 21.4. The highest BCUT2D eigenvalue weighted by molar-refractivity contribution is 5.69. The SMILES string of the molecule is CCCCCCCCCCCCC(=O)OC(C[C]=O)CCCCCCCCCC. The summed E-state index contributed by atoms with van der Waals surface area (Å²) in [6.45, 7) is 4.49. The van der Waals surface area contributed by atoms with Crippen LogP contribution in [0.5, 0.6) is 0 Å². The van der Waals surface area contributed by atoms with E-state index in [1.54, 1.807) is 0 Å². The summed E-state index contributed by atoms with van der Waals surface area (Å²) in [6.07, 6.45) is 25.8. The van der Waals surface area contributed by atoms with Gasteiger partial charge in [-0.25, -0.2) is 0 Å². The van der Waals surface area contributed by atoms with Gasteiger partial charge in [-0.3, -0.25) is 9.59 Å². The van der Waals surface area contributed by atoms with Crippen molar-refractivity contribution < 1.29 is 14.3 Å². The second-order valence-corrected chi connectivity index (χ2v) is 8.66. The van der Waals surface area contributed by atoms with Crippen LogP contribution in [-0.4, -0.2) is 18.4 Å². The van der Waals surface area contributed by atoms with E-state index in [9.17, 15) is 9.59 Å². The van der Waals surface area contributed by atoms with E-state index in [-0.39, 0.29) is 18.5 Å². The summed E-state index contributed by atoms with van der Waals surface area (Å²) < 4.78 is 5.53. The van der Waals surface area contributed by atoms with E-state index < -0.39 is 0 Å². The lowest BCUT2D eigenvalue weighted by atomic mass is 10.0. The minimum atomic E-state index is -0.261. The van der Waals surface area contributed by atoms with Gasteiger partial charge in [-0.2, -0.15) is 0 Å². The van der Waals surface area contributed by atoms with E-state index in [4.69, 9.17) is 4.74 Å². The molecule has 1 unspecified atom stereocenters. The molecule has 0 N–H and O–H groups in total. The summed E-state index contributed by atoms with van der Waals surface area (Å²) in [4.78, 5) is 22.8. The lowest BCUT2D eigenvalue weighted by Crippen LogP contribution is -2.18. The first-order valence-corrected chi connectivity index (χ1v) is 12.8. The number of carbonyl (C=O) groups excluding carboxylic acids is 2. The molecule has 0 bridgehead atoms. The Kier molecular flexibility index (Phi) is 22.7. The maximum Gasteiger partial charge on any atom is 0.306 e. The molecular weight excluding hydrogens is 360 g/mol. The number of rotatable bonds is 23. The molecule has 0 aromatic carbocycles. The first-order chi connectivity index (χ1) is 14.2. The molecule has 0 saturated carbocycles. The Morgan fingerprint density at radius 2 is 1.07 bits per heavy atom. The van der Waals surface area contributed by atoms with Crippen LogP contribution in [0.4, 0.5) is 0 Å². The van der Waals surface area contributed by atoms with Crippen molar-refractivity contribution in [1.82, 2.24) is 0 Å². The predicted octanol–water partition coefficient (Wildman–Crippen LogP) is 8.24. The Labute approximate surface area is 181 Å². The lowest BCUT2D eigenvalue weighted by molar-refractivity contribution is -0.149. The fourth-order valence-corrected chi connectivity index (χ4v) is 3.80. The molecule has 1 radical (unpaired) electrons. The van der Waals surface area contributed by atoms with Gasteiger partial charge in [-0.05, 0) is 19.3 Å². The summed E-state index contributed by atoms with van der Waals surface area (Å²) in [7, 11) is 0. The van der Waals surface area contributed by atoms with Crippen molar-refractivity contribution in [2.45, 2.75) is 155 Å². The molecule has 0 amide bonds. The largest absolute Gasteiger partial charge is 0.462 e. The van der Waals surface area contributed by atoms with Crippen molar-refractivity contribution >= 4 is 12.3 Å². The number of ether oxygens (including phenoxy) is 1. The average molecular weight is 410 g/mol.